The molecule has 0 atom stereocenters. The number of amides is 1. The van der Waals surface area contributed by atoms with Gasteiger partial charge >= 0.3 is 0 Å². The lowest BCUT2D eigenvalue weighted by Crippen LogP contribution is -2.31. The predicted molar refractivity (Wildman–Crippen MR) is 111 cm³/mol. The van der Waals surface area contributed by atoms with Crippen LogP contribution in [-0.2, 0) is 17.9 Å². The second-order valence-electron chi connectivity index (χ2n) is 6.54. The molecule has 4 aromatic rings. The number of furan rings is 1. The number of hydrogen-bond acceptors (Lipinski definition) is 5. The molecule has 0 unspecified atom stereocenters. The molecule has 2 aromatic heterocycles. The Labute approximate surface area is 177 Å². The van der Waals surface area contributed by atoms with Gasteiger partial charge in [-0.05, 0) is 29.8 Å². The quantitative estimate of drug-likeness (QED) is 0.396. The Morgan fingerprint density at radius 1 is 1.03 bits per heavy atom. The number of rotatable bonds is 8. The largest absolute Gasteiger partial charge is 0.467 e. The van der Waals surface area contributed by atoms with Crippen molar-refractivity contribution in [3.8, 4) is 5.69 Å². The summed E-state index contributed by atoms with van der Waals surface area (Å²) in [5.41, 5.74) is 1.37. The van der Waals surface area contributed by atoms with E-state index in [0.717, 1.165) is 5.56 Å². The zero-order chi connectivity index (χ0) is 20.8. The van der Waals surface area contributed by atoms with Crippen LogP contribution in [0.4, 0.5) is 4.39 Å². The van der Waals surface area contributed by atoms with Gasteiger partial charge < -0.3 is 9.32 Å². The summed E-state index contributed by atoms with van der Waals surface area (Å²) in [6, 6.07) is 19.8. The topological polar surface area (TPSA) is 64.2 Å². The Bertz CT molecular complexity index is 1100. The van der Waals surface area contributed by atoms with E-state index in [1.165, 1.54) is 24.2 Å². The van der Waals surface area contributed by atoms with E-state index >= 15 is 0 Å². The van der Waals surface area contributed by atoms with Gasteiger partial charge in [0.15, 0.2) is 5.16 Å². The predicted octanol–water partition coefficient (Wildman–Crippen LogP) is 4.32. The molecule has 0 spiro atoms. The first-order valence-corrected chi connectivity index (χ1v) is 10.3. The maximum Gasteiger partial charge on any atom is 0.233 e. The third-order valence-corrected chi connectivity index (χ3v) is 5.38. The molecule has 1 amide bonds. The van der Waals surface area contributed by atoms with Crippen LogP contribution in [0.25, 0.3) is 5.69 Å². The summed E-state index contributed by atoms with van der Waals surface area (Å²) in [6.07, 6.45) is 3.03. The van der Waals surface area contributed by atoms with Crippen molar-refractivity contribution in [2.75, 3.05) is 5.75 Å². The summed E-state index contributed by atoms with van der Waals surface area (Å²) in [5, 5.41) is 8.37. The van der Waals surface area contributed by atoms with Gasteiger partial charge in [-0.25, -0.2) is 4.39 Å². The number of carbonyl (C=O) groups excluding carboxylic acids is 1. The fourth-order valence-electron chi connectivity index (χ4n) is 2.98. The summed E-state index contributed by atoms with van der Waals surface area (Å²) in [5.74, 6) is 0.386. The van der Waals surface area contributed by atoms with E-state index in [1.54, 1.807) is 40.0 Å². The summed E-state index contributed by atoms with van der Waals surface area (Å²) < 4.78 is 21.1. The highest BCUT2D eigenvalue weighted by Crippen LogP contribution is 2.22. The molecule has 30 heavy (non-hydrogen) atoms. The number of carbonyl (C=O) groups is 1. The van der Waals surface area contributed by atoms with Crippen molar-refractivity contribution < 1.29 is 13.6 Å². The molecular formula is C22H19FN4O2S. The molecule has 0 aliphatic rings. The molecule has 0 N–H and O–H groups in total. The van der Waals surface area contributed by atoms with Crippen LogP contribution in [0.15, 0.2) is 88.9 Å². The highest BCUT2D eigenvalue weighted by atomic mass is 32.2. The normalized spacial score (nSPS) is 10.8. The smallest absolute Gasteiger partial charge is 0.233 e. The van der Waals surface area contributed by atoms with E-state index in [4.69, 9.17) is 4.42 Å². The van der Waals surface area contributed by atoms with Crippen LogP contribution < -0.4 is 0 Å². The van der Waals surface area contributed by atoms with Gasteiger partial charge in [0.1, 0.15) is 17.9 Å². The van der Waals surface area contributed by atoms with Gasteiger partial charge in [-0.15, -0.1) is 10.2 Å². The van der Waals surface area contributed by atoms with Crippen LogP contribution in [0.3, 0.4) is 0 Å². The first-order chi connectivity index (χ1) is 14.7. The lowest BCUT2D eigenvalue weighted by molar-refractivity contribution is -0.129. The minimum atomic E-state index is -0.381. The molecule has 0 fully saturated rings. The zero-order valence-corrected chi connectivity index (χ0v) is 16.8. The number of para-hydroxylation sites is 1. The van der Waals surface area contributed by atoms with Gasteiger partial charge in [-0.1, -0.05) is 54.2 Å². The van der Waals surface area contributed by atoms with Crippen molar-refractivity contribution in [3.63, 3.8) is 0 Å². The molecule has 152 valence electrons. The summed E-state index contributed by atoms with van der Waals surface area (Å²) in [6.45, 7) is 0.822. The molecule has 0 aliphatic carbocycles. The van der Waals surface area contributed by atoms with Gasteiger partial charge in [-0.2, -0.15) is 0 Å². The van der Waals surface area contributed by atoms with E-state index in [1.807, 2.05) is 36.4 Å². The molecule has 0 bridgehead atoms. The number of aromatic nitrogens is 3. The third-order valence-electron chi connectivity index (χ3n) is 4.45. The molecule has 0 saturated heterocycles. The Kier molecular flexibility index (Phi) is 6.24. The van der Waals surface area contributed by atoms with Gasteiger partial charge in [0, 0.05) is 6.54 Å². The molecule has 4 rings (SSSR count). The van der Waals surface area contributed by atoms with Crippen LogP contribution in [0.1, 0.15) is 11.3 Å². The number of thioether (sulfide) groups is 1. The lowest BCUT2D eigenvalue weighted by Gasteiger charge is -2.21. The van der Waals surface area contributed by atoms with Crippen molar-refractivity contribution in [2.24, 2.45) is 0 Å². The minimum Gasteiger partial charge on any atom is -0.467 e. The standard InChI is InChI=1S/C22H19FN4O2S/c23-19-10-4-5-11-20(19)27-16-24-25-22(27)30-15-21(28)26(14-18-9-6-12-29-18)13-17-7-2-1-3-8-17/h1-12,16H,13-15H2. The highest BCUT2D eigenvalue weighted by molar-refractivity contribution is 7.99. The van der Waals surface area contributed by atoms with E-state index in [-0.39, 0.29) is 17.5 Å². The van der Waals surface area contributed by atoms with Gasteiger partial charge in [0.2, 0.25) is 5.91 Å². The summed E-state index contributed by atoms with van der Waals surface area (Å²) >= 11 is 1.22. The van der Waals surface area contributed by atoms with E-state index in [0.29, 0.717) is 29.7 Å². The molecule has 8 heteroatoms. The zero-order valence-electron chi connectivity index (χ0n) is 16.0. The Balaban J connectivity index is 1.48. The maximum absolute atomic E-state index is 14.1. The van der Waals surface area contributed by atoms with E-state index in [9.17, 15) is 9.18 Å². The van der Waals surface area contributed by atoms with Crippen LogP contribution in [0.2, 0.25) is 0 Å². The first-order valence-electron chi connectivity index (χ1n) is 9.32. The summed E-state index contributed by atoms with van der Waals surface area (Å²) in [4.78, 5) is 14.7. The minimum absolute atomic E-state index is 0.0802. The summed E-state index contributed by atoms with van der Waals surface area (Å²) in [7, 11) is 0. The highest BCUT2D eigenvalue weighted by Gasteiger charge is 2.18. The number of benzene rings is 2. The monoisotopic (exact) mass is 422 g/mol. The molecule has 2 heterocycles. The molecule has 0 aliphatic heterocycles. The van der Waals surface area contributed by atoms with Crippen molar-refractivity contribution in [2.45, 2.75) is 18.2 Å². The van der Waals surface area contributed by atoms with Crippen molar-refractivity contribution >= 4 is 17.7 Å². The third kappa shape index (κ3) is 4.77. The molecule has 6 nitrogen and oxygen atoms in total. The average Bonchev–Trinajstić information content (AvgIpc) is 3.45. The van der Waals surface area contributed by atoms with Gasteiger partial charge in [0.05, 0.1) is 24.2 Å². The maximum atomic E-state index is 14.1. The van der Waals surface area contributed by atoms with Crippen molar-refractivity contribution in [1.82, 2.24) is 19.7 Å². The lowest BCUT2D eigenvalue weighted by atomic mass is 10.2. The molecule has 0 saturated carbocycles. The second-order valence-corrected chi connectivity index (χ2v) is 7.48. The fourth-order valence-corrected chi connectivity index (χ4v) is 3.80. The van der Waals surface area contributed by atoms with Gasteiger partial charge in [0.25, 0.3) is 0 Å². The number of halogens is 1. The van der Waals surface area contributed by atoms with Crippen molar-refractivity contribution in [3.05, 3.63) is 96.5 Å². The fraction of sp³-hybridized carbons (Fsp3) is 0.136. The SMILES string of the molecule is O=C(CSc1nncn1-c1ccccc1F)N(Cc1ccccc1)Cc1ccco1. The van der Waals surface area contributed by atoms with Crippen LogP contribution in [0.5, 0.6) is 0 Å². The number of hydrogen-bond donors (Lipinski definition) is 0. The Morgan fingerprint density at radius 3 is 2.60 bits per heavy atom. The first kappa shape index (κ1) is 19.9. The van der Waals surface area contributed by atoms with E-state index in [2.05, 4.69) is 10.2 Å². The Hall–Kier alpha value is -3.39. The van der Waals surface area contributed by atoms with Crippen molar-refractivity contribution in [1.29, 1.82) is 0 Å². The average molecular weight is 422 g/mol. The molecular weight excluding hydrogens is 403 g/mol. The van der Waals surface area contributed by atoms with Crippen LogP contribution in [-0.4, -0.2) is 31.3 Å². The second kappa shape index (κ2) is 9.41. The van der Waals surface area contributed by atoms with E-state index < -0.39 is 0 Å². The van der Waals surface area contributed by atoms with Crippen LogP contribution in [0, 0.1) is 5.82 Å². The van der Waals surface area contributed by atoms with Crippen LogP contribution >= 0.6 is 11.8 Å². The van der Waals surface area contributed by atoms with Gasteiger partial charge in [-0.3, -0.25) is 9.36 Å². The molecule has 0 radical (unpaired) electrons. The Morgan fingerprint density at radius 2 is 1.83 bits per heavy atom. The number of nitrogens with zero attached hydrogens (tertiary/aromatic N) is 4. The molecule has 2 aromatic carbocycles.